The standard InChI is InChI=1S/C10H21N3O3S/c1-4-10(2,3)9(14)12-5-7-13(8-6-12)17(11,15)16/h4-8H2,1-3H3,(H2,11,15,16). The highest BCUT2D eigenvalue weighted by atomic mass is 32.2. The van der Waals surface area contributed by atoms with Crippen LogP contribution in [0.2, 0.25) is 0 Å². The van der Waals surface area contributed by atoms with E-state index in [2.05, 4.69) is 0 Å². The van der Waals surface area contributed by atoms with Gasteiger partial charge in [0.1, 0.15) is 0 Å². The average Bonchev–Trinajstić information content (AvgIpc) is 2.27. The molecule has 100 valence electrons. The van der Waals surface area contributed by atoms with Crippen LogP contribution in [-0.2, 0) is 15.0 Å². The Morgan fingerprint density at radius 2 is 1.71 bits per heavy atom. The van der Waals surface area contributed by atoms with Gasteiger partial charge < -0.3 is 4.90 Å². The highest BCUT2D eigenvalue weighted by molar-refractivity contribution is 7.86. The summed E-state index contributed by atoms with van der Waals surface area (Å²) < 4.78 is 23.4. The quantitative estimate of drug-likeness (QED) is 0.763. The minimum atomic E-state index is -3.62. The van der Waals surface area contributed by atoms with Crippen molar-refractivity contribution in [1.29, 1.82) is 0 Å². The van der Waals surface area contributed by atoms with E-state index in [1.54, 1.807) is 4.90 Å². The molecule has 0 unspecified atom stereocenters. The molecule has 17 heavy (non-hydrogen) atoms. The molecule has 0 aromatic rings. The molecule has 1 saturated heterocycles. The summed E-state index contributed by atoms with van der Waals surface area (Å²) in [5.74, 6) is 0.0778. The Balaban J connectivity index is 2.62. The number of hydrogen-bond acceptors (Lipinski definition) is 3. The van der Waals surface area contributed by atoms with Gasteiger partial charge in [-0.05, 0) is 6.42 Å². The fourth-order valence-electron chi connectivity index (χ4n) is 1.72. The van der Waals surface area contributed by atoms with Crippen LogP contribution < -0.4 is 5.14 Å². The first kappa shape index (κ1) is 14.4. The average molecular weight is 263 g/mol. The highest BCUT2D eigenvalue weighted by Crippen LogP contribution is 2.23. The van der Waals surface area contributed by atoms with Crippen LogP contribution in [0.3, 0.4) is 0 Å². The van der Waals surface area contributed by atoms with E-state index >= 15 is 0 Å². The zero-order valence-corrected chi connectivity index (χ0v) is 11.5. The highest BCUT2D eigenvalue weighted by Gasteiger charge is 2.33. The number of carbonyl (C=O) groups excluding carboxylic acids is 1. The molecule has 0 aliphatic carbocycles. The van der Waals surface area contributed by atoms with Gasteiger partial charge in [-0.1, -0.05) is 20.8 Å². The molecule has 1 aliphatic heterocycles. The predicted molar refractivity (Wildman–Crippen MR) is 65.3 cm³/mol. The van der Waals surface area contributed by atoms with Crippen LogP contribution in [0.4, 0.5) is 0 Å². The molecule has 0 bridgehead atoms. The van der Waals surface area contributed by atoms with Crippen LogP contribution in [0.15, 0.2) is 0 Å². The number of nitrogens with two attached hydrogens (primary N) is 1. The number of carbonyl (C=O) groups is 1. The number of nitrogens with zero attached hydrogens (tertiary/aromatic N) is 2. The first-order valence-corrected chi connectivity index (χ1v) is 7.26. The van der Waals surface area contributed by atoms with Crippen molar-refractivity contribution in [3.05, 3.63) is 0 Å². The summed E-state index contributed by atoms with van der Waals surface area (Å²) in [6.07, 6.45) is 0.765. The summed E-state index contributed by atoms with van der Waals surface area (Å²) in [6, 6.07) is 0. The van der Waals surface area contributed by atoms with Gasteiger partial charge in [-0.3, -0.25) is 4.79 Å². The molecule has 0 atom stereocenters. The normalized spacial score (nSPS) is 19.4. The van der Waals surface area contributed by atoms with Gasteiger partial charge in [-0.2, -0.15) is 12.7 Å². The van der Waals surface area contributed by atoms with Crippen LogP contribution in [0, 0.1) is 5.41 Å². The maximum absolute atomic E-state index is 12.1. The van der Waals surface area contributed by atoms with Crippen LogP contribution in [0.25, 0.3) is 0 Å². The third-order valence-electron chi connectivity index (χ3n) is 3.35. The van der Waals surface area contributed by atoms with Gasteiger partial charge in [-0.25, -0.2) is 5.14 Å². The minimum absolute atomic E-state index is 0.0778. The minimum Gasteiger partial charge on any atom is -0.340 e. The number of amides is 1. The molecule has 0 aromatic heterocycles. The Hall–Kier alpha value is -0.660. The van der Waals surface area contributed by atoms with Crippen molar-refractivity contribution < 1.29 is 13.2 Å². The van der Waals surface area contributed by atoms with Gasteiger partial charge in [0.15, 0.2) is 0 Å². The van der Waals surface area contributed by atoms with Gasteiger partial charge in [0.2, 0.25) is 5.91 Å². The van der Waals surface area contributed by atoms with Crippen molar-refractivity contribution in [2.75, 3.05) is 26.2 Å². The lowest BCUT2D eigenvalue weighted by atomic mass is 9.88. The van der Waals surface area contributed by atoms with E-state index < -0.39 is 10.2 Å². The van der Waals surface area contributed by atoms with Crippen LogP contribution in [-0.4, -0.2) is 49.7 Å². The van der Waals surface area contributed by atoms with E-state index in [-0.39, 0.29) is 24.4 Å². The second-order valence-corrected chi connectivity index (χ2v) is 6.52. The summed E-state index contributed by atoms with van der Waals surface area (Å²) in [4.78, 5) is 13.8. The fraction of sp³-hybridized carbons (Fsp3) is 0.900. The molecular formula is C10H21N3O3S. The Morgan fingerprint density at radius 3 is 2.06 bits per heavy atom. The van der Waals surface area contributed by atoms with E-state index in [4.69, 9.17) is 5.14 Å². The molecule has 0 saturated carbocycles. The SMILES string of the molecule is CCC(C)(C)C(=O)N1CCN(S(N)(=O)=O)CC1. The first-order valence-electron chi connectivity index (χ1n) is 5.75. The molecule has 0 spiro atoms. The lowest BCUT2D eigenvalue weighted by molar-refractivity contribution is -0.141. The molecule has 2 N–H and O–H groups in total. The van der Waals surface area contributed by atoms with Crippen LogP contribution in [0.5, 0.6) is 0 Å². The number of rotatable bonds is 3. The summed E-state index contributed by atoms with van der Waals surface area (Å²) in [7, 11) is -3.62. The van der Waals surface area contributed by atoms with Gasteiger partial charge in [-0.15, -0.1) is 0 Å². The second kappa shape index (κ2) is 4.91. The van der Waals surface area contributed by atoms with Crippen LogP contribution in [0.1, 0.15) is 27.2 Å². The van der Waals surface area contributed by atoms with Crippen LogP contribution >= 0.6 is 0 Å². The Morgan fingerprint density at radius 1 is 1.24 bits per heavy atom. The maximum atomic E-state index is 12.1. The van der Waals surface area contributed by atoms with Gasteiger partial charge in [0, 0.05) is 31.6 Å². The molecule has 7 heteroatoms. The molecule has 6 nitrogen and oxygen atoms in total. The van der Waals surface area contributed by atoms with Gasteiger partial charge in [0.05, 0.1) is 0 Å². The van der Waals surface area contributed by atoms with E-state index in [0.717, 1.165) is 6.42 Å². The number of piperazine rings is 1. The predicted octanol–water partition coefficient (Wildman–Crippen LogP) is -0.230. The zero-order valence-electron chi connectivity index (χ0n) is 10.6. The lowest BCUT2D eigenvalue weighted by Gasteiger charge is -2.37. The third-order valence-corrected chi connectivity index (χ3v) is 4.43. The maximum Gasteiger partial charge on any atom is 0.277 e. The van der Waals surface area contributed by atoms with E-state index in [9.17, 15) is 13.2 Å². The van der Waals surface area contributed by atoms with Crippen molar-refractivity contribution in [3.63, 3.8) is 0 Å². The molecule has 1 heterocycles. The van der Waals surface area contributed by atoms with Gasteiger partial charge in [0.25, 0.3) is 10.2 Å². The summed E-state index contributed by atoms with van der Waals surface area (Å²) in [5, 5.41) is 5.04. The fourth-order valence-corrected chi connectivity index (χ4v) is 2.40. The first-order chi connectivity index (χ1) is 7.68. The topological polar surface area (TPSA) is 83.7 Å². The summed E-state index contributed by atoms with van der Waals surface area (Å²) >= 11 is 0. The Bertz CT molecular complexity index is 384. The summed E-state index contributed by atoms with van der Waals surface area (Å²) in [5.41, 5.74) is -0.385. The van der Waals surface area contributed by atoms with Crippen molar-refractivity contribution in [1.82, 2.24) is 9.21 Å². The Kier molecular flexibility index (Phi) is 4.16. The molecule has 0 radical (unpaired) electrons. The largest absolute Gasteiger partial charge is 0.340 e. The van der Waals surface area contributed by atoms with Crippen molar-refractivity contribution in [2.45, 2.75) is 27.2 Å². The molecule has 0 aromatic carbocycles. The van der Waals surface area contributed by atoms with E-state index in [1.165, 1.54) is 4.31 Å². The summed E-state index contributed by atoms with van der Waals surface area (Å²) in [6.45, 7) is 7.17. The smallest absolute Gasteiger partial charge is 0.277 e. The second-order valence-electron chi connectivity index (χ2n) is 4.97. The lowest BCUT2D eigenvalue weighted by Crippen LogP contribution is -2.54. The van der Waals surface area contributed by atoms with E-state index in [0.29, 0.717) is 13.1 Å². The third kappa shape index (κ3) is 3.40. The molecule has 1 rings (SSSR count). The number of hydrogen-bond donors (Lipinski definition) is 1. The molecule has 1 amide bonds. The van der Waals surface area contributed by atoms with Crippen molar-refractivity contribution in [3.8, 4) is 0 Å². The van der Waals surface area contributed by atoms with E-state index in [1.807, 2.05) is 20.8 Å². The Labute approximate surface area is 103 Å². The molecule has 1 aliphatic rings. The molecular weight excluding hydrogens is 242 g/mol. The van der Waals surface area contributed by atoms with Crippen molar-refractivity contribution >= 4 is 16.1 Å². The van der Waals surface area contributed by atoms with Gasteiger partial charge >= 0.3 is 0 Å². The molecule has 1 fully saturated rings. The zero-order chi connectivity index (χ0) is 13.3. The van der Waals surface area contributed by atoms with Crippen molar-refractivity contribution in [2.24, 2.45) is 10.6 Å². The monoisotopic (exact) mass is 263 g/mol.